The van der Waals surface area contributed by atoms with Crippen LogP contribution in [0.3, 0.4) is 0 Å². The topological polar surface area (TPSA) is 54.3 Å². The van der Waals surface area contributed by atoms with Crippen molar-refractivity contribution in [2.24, 2.45) is 18.9 Å². The van der Waals surface area contributed by atoms with E-state index in [2.05, 4.69) is 19.2 Å². The number of para-hydroxylation sites is 1. The summed E-state index contributed by atoms with van der Waals surface area (Å²) < 4.78 is 1.83. The van der Waals surface area contributed by atoms with Gasteiger partial charge in [-0.25, -0.2) is 0 Å². The Morgan fingerprint density at radius 3 is 2.65 bits per heavy atom. The van der Waals surface area contributed by atoms with Gasteiger partial charge in [-0.1, -0.05) is 43.6 Å². The first-order chi connectivity index (χ1) is 11.0. The third kappa shape index (κ3) is 4.06. The number of rotatable bonds is 7. The van der Waals surface area contributed by atoms with E-state index in [-0.39, 0.29) is 18.4 Å². The molecule has 0 saturated heterocycles. The van der Waals surface area contributed by atoms with Crippen molar-refractivity contribution < 1.29 is 9.90 Å². The first kappa shape index (κ1) is 17.8. The molecule has 0 bridgehead atoms. The van der Waals surface area contributed by atoms with Gasteiger partial charge in [0.25, 0.3) is 5.91 Å². The molecule has 0 aliphatic heterocycles. The van der Waals surface area contributed by atoms with Crippen molar-refractivity contribution in [3.63, 3.8) is 0 Å². The number of hydrogen-bond donors (Lipinski definition) is 2. The molecule has 0 radical (unpaired) electrons. The molecule has 0 fully saturated rings. The van der Waals surface area contributed by atoms with Crippen LogP contribution in [0.5, 0.6) is 0 Å². The van der Waals surface area contributed by atoms with Gasteiger partial charge in [0, 0.05) is 31.1 Å². The first-order valence-electron chi connectivity index (χ1n) is 8.07. The van der Waals surface area contributed by atoms with Crippen LogP contribution >= 0.6 is 11.6 Å². The lowest BCUT2D eigenvalue weighted by Crippen LogP contribution is -2.31. The van der Waals surface area contributed by atoms with Crippen LogP contribution in [0.4, 0.5) is 0 Å². The molecule has 1 aromatic carbocycles. The van der Waals surface area contributed by atoms with E-state index in [0.717, 1.165) is 17.3 Å². The predicted molar refractivity (Wildman–Crippen MR) is 94.9 cm³/mol. The normalized spacial score (nSPS) is 12.8. The Labute approximate surface area is 142 Å². The number of benzene rings is 1. The molecule has 23 heavy (non-hydrogen) atoms. The van der Waals surface area contributed by atoms with Crippen LogP contribution in [0.1, 0.15) is 37.2 Å². The molecule has 1 amide bonds. The number of amides is 1. The highest BCUT2D eigenvalue weighted by Gasteiger charge is 2.20. The van der Waals surface area contributed by atoms with Gasteiger partial charge in [-0.05, 0) is 30.7 Å². The average molecular weight is 337 g/mol. The molecule has 126 valence electrons. The van der Waals surface area contributed by atoms with E-state index in [0.29, 0.717) is 29.6 Å². The van der Waals surface area contributed by atoms with Gasteiger partial charge in [0.05, 0.1) is 5.02 Å². The molecule has 0 aliphatic carbocycles. The molecule has 0 spiro atoms. The summed E-state index contributed by atoms with van der Waals surface area (Å²) in [6, 6.07) is 7.71. The minimum absolute atomic E-state index is 0.141. The third-order valence-electron chi connectivity index (χ3n) is 4.15. The smallest absolute Gasteiger partial charge is 0.269 e. The molecule has 1 heterocycles. The summed E-state index contributed by atoms with van der Waals surface area (Å²) in [5, 5.41) is 13.5. The van der Waals surface area contributed by atoms with Gasteiger partial charge in [-0.3, -0.25) is 4.79 Å². The van der Waals surface area contributed by atoms with Crippen molar-refractivity contribution in [3.05, 3.63) is 35.0 Å². The minimum atomic E-state index is -0.166. The Morgan fingerprint density at radius 2 is 2.04 bits per heavy atom. The summed E-state index contributed by atoms with van der Waals surface area (Å²) in [4.78, 5) is 12.6. The van der Waals surface area contributed by atoms with E-state index in [4.69, 9.17) is 11.6 Å². The monoisotopic (exact) mass is 336 g/mol. The summed E-state index contributed by atoms with van der Waals surface area (Å²) >= 11 is 6.40. The van der Waals surface area contributed by atoms with Gasteiger partial charge in [0.1, 0.15) is 5.69 Å². The molecule has 1 unspecified atom stereocenters. The number of fused-ring (bicyclic) bond motifs is 1. The Kier molecular flexibility index (Phi) is 6.08. The number of hydrogen-bond acceptors (Lipinski definition) is 2. The maximum absolute atomic E-state index is 12.6. The van der Waals surface area contributed by atoms with Gasteiger partial charge >= 0.3 is 0 Å². The van der Waals surface area contributed by atoms with E-state index in [9.17, 15) is 9.90 Å². The van der Waals surface area contributed by atoms with Crippen LogP contribution in [0.2, 0.25) is 5.02 Å². The standard InChI is InChI=1S/C18H25ClN2O2/c1-12(2)10-13(8-9-22)11-20-18(23)17-16(19)14-6-4-5-7-15(14)21(17)3/h4-7,12-13,22H,8-11H2,1-3H3,(H,20,23). The maximum Gasteiger partial charge on any atom is 0.269 e. The second-order valence-electron chi connectivity index (χ2n) is 6.46. The lowest BCUT2D eigenvalue weighted by molar-refractivity contribution is 0.0934. The second-order valence-corrected chi connectivity index (χ2v) is 6.83. The van der Waals surface area contributed by atoms with Gasteiger partial charge in [-0.15, -0.1) is 0 Å². The Hall–Kier alpha value is -1.52. The molecule has 0 aliphatic rings. The molecule has 2 rings (SSSR count). The summed E-state index contributed by atoms with van der Waals surface area (Å²) in [7, 11) is 1.85. The van der Waals surface area contributed by atoms with Gasteiger partial charge in [-0.2, -0.15) is 0 Å². The van der Waals surface area contributed by atoms with Crippen molar-refractivity contribution in [2.75, 3.05) is 13.2 Å². The molecular weight excluding hydrogens is 312 g/mol. The van der Waals surface area contributed by atoms with Crippen molar-refractivity contribution in [3.8, 4) is 0 Å². The van der Waals surface area contributed by atoms with Crippen molar-refractivity contribution in [2.45, 2.75) is 26.7 Å². The van der Waals surface area contributed by atoms with E-state index >= 15 is 0 Å². The van der Waals surface area contributed by atoms with E-state index in [1.807, 2.05) is 35.9 Å². The predicted octanol–water partition coefficient (Wildman–Crippen LogP) is 3.61. The Bertz CT molecular complexity index is 640. The van der Waals surface area contributed by atoms with Crippen molar-refractivity contribution in [1.82, 2.24) is 9.88 Å². The fourth-order valence-electron chi connectivity index (χ4n) is 3.07. The van der Waals surface area contributed by atoms with E-state index in [1.54, 1.807) is 0 Å². The number of nitrogens with one attached hydrogen (secondary N) is 1. The number of nitrogens with zero attached hydrogens (tertiary/aromatic N) is 1. The maximum atomic E-state index is 12.6. The highest BCUT2D eigenvalue weighted by atomic mass is 35.5. The number of aryl methyl sites for hydroxylation is 1. The van der Waals surface area contributed by atoms with Crippen LogP contribution in [-0.4, -0.2) is 28.7 Å². The SMILES string of the molecule is CC(C)CC(CCO)CNC(=O)c1c(Cl)c2ccccc2n1C. The van der Waals surface area contributed by atoms with Crippen LogP contribution < -0.4 is 5.32 Å². The zero-order valence-corrected chi connectivity index (χ0v) is 14.7. The number of aliphatic hydroxyl groups is 1. The minimum Gasteiger partial charge on any atom is -0.396 e. The van der Waals surface area contributed by atoms with Gasteiger partial charge in [0.15, 0.2) is 0 Å². The van der Waals surface area contributed by atoms with Crippen molar-refractivity contribution in [1.29, 1.82) is 0 Å². The second kappa shape index (κ2) is 7.84. The van der Waals surface area contributed by atoms with Gasteiger partial charge < -0.3 is 15.0 Å². The third-order valence-corrected chi connectivity index (χ3v) is 4.54. The largest absolute Gasteiger partial charge is 0.396 e. The highest BCUT2D eigenvalue weighted by Crippen LogP contribution is 2.29. The fourth-order valence-corrected chi connectivity index (χ4v) is 3.44. The molecular formula is C18H25ClN2O2. The summed E-state index contributed by atoms with van der Waals surface area (Å²) in [5.74, 6) is 0.641. The summed E-state index contributed by atoms with van der Waals surface area (Å²) in [5.41, 5.74) is 1.43. The summed E-state index contributed by atoms with van der Waals surface area (Å²) in [6.45, 7) is 4.98. The Balaban J connectivity index is 2.14. The number of halogens is 1. The molecule has 1 atom stereocenters. The van der Waals surface area contributed by atoms with Crippen LogP contribution in [0.15, 0.2) is 24.3 Å². The lowest BCUT2D eigenvalue weighted by atomic mass is 9.94. The van der Waals surface area contributed by atoms with Gasteiger partial charge in [0.2, 0.25) is 0 Å². The first-order valence-corrected chi connectivity index (χ1v) is 8.45. The number of carbonyl (C=O) groups is 1. The molecule has 4 nitrogen and oxygen atoms in total. The van der Waals surface area contributed by atoms with E-state index in [1.165, 1.54) is 0 Å². The zero-order chi connectivity index (χ0) is 17.0. The fraction of sp³-hybridized carbons (Fsp3) is 0.500. The Morgan fingerprint density at radius 1 is 1.35 bits per heavy atom. The van der Waals surface area contributed by atoms with Crippen LogP contribution in [-0.2, 0) is 7.05 Å². The molecule has 5 heteroatoms. The number of aliphatic hydroxyl groups excluding tert-OH is 1. The highest BCUT2D eigenvalue weighted by molar-refractivity contribution is 6.38. The zero-order valence-electron chi connectivity index (χ0n) is 14.0. The van der Waals surface area contributed by atoms with Crippen LogP contribution in [0, 0.1) is 11.8 Å². The summed E-state index contributed by atoms with van der Waals surface area (Å²) in [6.07, 6.45) is 1.67. The quantitative estimate of drug-likeness (QED) is 0.811. The molecule has 1 aromatic heterocycles. The van der Waals surface area contributed by atoms with Crippen molar-refractivity contribution >= 4 is 28.4 Å². The number of carbonyl (C=O) groups excluding carboxylic acids is 1. The van der Waals surface area contributed by atoms with Crippen LogP contribution in [0.25, 0.3) is 10.9 Å². The number of aromatic nitrogens is 1. The lowest BCUT2D eigenvalue weighted by Gasteiger charge is -2.18. The molecule has 2 aromatic rings. The van der Waals surface area contributed by atoms with E-state index < -0.39 is 0 Å². The average Bonchev–Trinajstić information content (AvgIpc) is 2.76. The molecule has 0 saturated carbocycles. The molecule has 2 N–H and O–H groups in total.